The number of nitrogens with one attached hydrogen (secondary N) is 3. The van der Waals surface area contributed by atoms with Crippen LogP contribution in [0.4, 0.5) is 11.4 Å². The summed E-state index contributed by atoms with van der Waals surface area (Å²) in [6.45, 7) is 0.877. The maximum absolute atomic E-state index is 12.7. The standard InChI is InChI=1S/C24H26BN3O6S2/c1-32-13-14-34-22-12-3-16(15-21(22)25)23(29)27-24(35)26-17-6-10-20(11-7-17)36(30,31)28-18-4-8-19(33-2)9-5-18/h3-12,15,28H,13-14,25H2,1-2H3,(H2,26,27,29,35). The minimum atomic E-state index is -3.79. The van der Waals surface area contributed by atoms with Gasteiger partial charge in [-0.25, -0.2) is 8.42 Å². The van der Waals surface area contributed by atoms with Crippen LogP contribution < -0.4 is 30.3 Å². The number of methoxy groups -OCH3 is 2. The third kappa shape index (κ3) is 7.44. The lowest BCUT2D eigenvalue weighted by molar-refractivity contribution is 0.0977. The Morgan fingerprint density at radius 3 is 2.22 bits per heavy atom. The van der Waals surface area contributed by atoms with E-state index < -0.39 is 10.0 Å². The predicted octanol–water partition coefficient (Wildman–Crippen LogP) is 1.91. The Labute approximate surface area is 216 Å². The molecule has 0 aliphatic carbocycles. The van der Waals surface area contributed by atoms with Crippen LogP contribution >= 0.6 is 12.2 Å². The van der Waals surface area contributed by atoms with Crippen molar-refractivity contribution in [3.63, 3.8) is 0 Å². The van der Waals surface area contributed by atoms with E-state index in [1.807, 2.05) is 7.85 Å². The van der Waals surface area contributed by atoms with Crippen molar-refractivity contribution in [2.45, 2.75) is 4.90 Å². The Morgan fingerprint density at radius 1 is 0.944 bits per heavy atom. The van der Waals surface area contributed by atoms with Crippen LogP contribution in [0.1, 0.15) is 10.4 Å². The number of benzene rings is 3. The van der Waals surface area contributed by atoms with Crippen molar-refractivity contribution in [3.05, 3.63) is 72.3 Å². The van der Waals surface area contributed by atoms with Crippen LogP contribution in [0.25, 0.3) is 0 Å². The molecule has 12 heteroatoms. The molecule has 3 aromatic rings. The molecule has 3 aromatic carbocycles. The molecule has 0 heterocycles. The first kappa shape index (κ1) is 27.0. The molecule has 0 bridgehead atoms. The first-order chi connectivity index (χ1) is 17.2. The topological polar surface area (TPSA) is 115 Å². The summed E-state index contributed by atoms with van der Waals surface area (Å²) >= 11 is 5.23. The van der Waals surface area contributed by atoms with Crippen molar-refractivity contribution < 1.29 is 27.4 Å². The van der Waals surface area contributed by atoms with E-state index in [9.17, 15) is 13.2 Å². The van der Waals surface area contributed by atoms with E-state index in [4.69, 9.17) is 26.4 Å². The normalized spacial score (nSPS) is 10.8. The lowest BCUT2D eigenvalue weighted by atomic mass is 9.93. The second-order valence-corrected chi connectivity index (χ2v) is 9.68. The average molecular weight is 527 g/mol. The molecule has 0 fully saturated rings. The first-order valence-corrected chi connectivity index (χ1v) is 12.7. The second-order valence-electron chi connectivity index (χ2n) is 7.59. The van der Waals surface area contributed by atoms with E-state index in [1.165, 1.54) is 19.2 Å². The van der Waals surface area contributed by atoms with E-state index >= 15 is 0 Å². The van der Waals surface area contributed by atoms with E-state index in [1.54, 1.807) is 61.7 Å². The van der Waals surface area contributed by atoms with Gasteiger partial charge in [-0.05, 0) is 78.3 Å². The van der Waals surface area contributed by atoms with Crippen LogP contribution in [0.15, 0.2) is 71.6 Å². The Bertz CT molecular complexity index is 1320. The number of ether oxygens (including phenoxy) is 3. The zero-order valence-corrected chi connectivity index (χ0v) is 21.7. The minimum absolute atomic E-state index is 0.0714. The van der Waals surface area contributed by atoms with Gasteiger partial charge in [-0.1, -0.05) is 6.07 Å². The Morgan fingerprint density at radius 2 is 1.61 bits per heavy atom. The highest BCUT2D eigenvalue weighted by Crippen LogP contribution is 2.20. The number of anilines is 2. The summed E-state index contributed by atoms with van der Waals surface area (Å²) in [7, 11) is 1.18. The van der Waals surface area contributed by atoms with Crippen molar-refractivity contribution in [3.8, 4) is 11.5 Å². The van der Waals surface area contributed by atoms with Gasteiger partial charge in [-0.3, -0.25) is 14.8 Å². The maximum Gasteiger partial charge on any atom is 0.261 e. The molecule has 0 radical (unpaired) electrons. The highest BCUT2D eigenvalue weighted by molar-refractivity contribution is 7.92. The molecule has 0 aliphatic heterocycles. The quantitative estimate of drug-likeness (QED) is 0.208. The lowest BCUT2D eigenvalue weighted by Gasteiger charge is -2.13. The molecule has 3 N–H and O–H groups in total. The summed E-state index contributed by atoms with van der Waals surface area (Å²) in [5.74, 6) is 0.901. The van der Waals surface area contributed by atoms with Gasteiger partial charge in [0.1, 0.15) is 26.0 Å². The van der Waals surface area contributed by atoms with Crippen LogP contribution in [0, 0.1) is 0 Å². The molecule has 0 aliphatic rings. The number of rotatable bonds is 10. The number of carbonyl (C=O) groups is 1. The van der Waals surface area contributed by atoms with Crippen molar-refractivity contribution in [2.75, 3.05) is 37.5 Å². The summed E-state index contributed by atoms with van der Waals surface area (Å²) in [6, 6.07) is 17.6. The Hall–Kier alpha value is -3.61. The van der Waals surface area contributed by atoms with Gasteiger partial charge >= 0.3 is 0 Å². The largest absolute Gasteiger partial charge is 0.497 e. The number of hydrogen-bond acceptors (Lipinski definition) is 7. The third-order valence-electron chi connectivity index (χ3n) is 4.97. The van der Waals surface area contributed by atoms with Crippen LogP contribution in [-0.4, -0.2) is 54.7 Å². The van der Waals surface area contributed by atoms with Crippen molar-refractivity contribution >= 4 is 57.9 Å². The molecule has 0 saturated carbocycles. The van der Waals surface area contributed by atoms with Gasteiger partial charge in [-0.2, -0.15) is 0 Å². The molecule has 1 amide bonds. The smallest absolute Gasteiger partial charge is 0.261 e. The highest BCUT2D eigenvalue weighted by atomic mass is 32.2. The van der Waals surface area contributed by atoms with Crippen LogP contribution in [0.3, 0.4) is 0 Å². The molecule has 9 nitrogen and oxygen atoms in total. The number of carbonyl (C=O) groups excluding carboxylic acids is 1. The summed E-state index contributed by atoms with van der Waals surface area (Å²) in [4.78, 5) is 12.6. The predicted molar refractivity (Wildman–Crippen MR) is 146 cm³/mol. The SMILES string of the molecule is Bc1cc(C(=O)NC(=S)Nc2ccc(S(=O)(=O)Nc3ccc(OC)cc3)cc2)ccc1OCCOC. The number of amides is 1. The first-order valence-electron chi connectivity index (χ1n) is 10.8. The molecule has 0 spiro atoms. The third-order valence-corrected chi connectivity index (χ3v) is 6.58. The summed E-state index contributed by atoms with van der Waals surface area (Å²) in [5, 5.41) is 5.56. The highest BCUT2D eigenvalue weighted by Gasteiger charge is 2.15. The zero-order chi connectivity index (χ0) is 26.1. The van der Waals surface area contributed by atoms with E-state index in [0.29, 0.717) is 41.7 Å². The fourth-order valence-electron chi connectivity index (χ4n) is 3.12. The van der Waals surface area contributed by atoms with E-state index in [2.05, 4.69) is 15.4 Å². The van der Waals surface area contributed by atoms with Gasteiger partial charge in [0.05, 0.1) is 18.6 Å². The summed E-state index contributed by atoms with van der Waals surface area (Å²) in [5.41, 5.74) is 2.15. The monoisotopic (exact) mass is 527 g/mol. The van der Waals surface area contributed by atoms with Crippen LogP contribution in [-0.2, 0) is 14.8 Å². The molecule has 0 unspecified atom stereocenters. The van der Waals surface area contributed by atoms with Crippen LogP contribution in [0.2, 0.25) is 0 Å². The molecule has 0 aromatic heterocycles. The molecule has 0 saturated heterocycles. The number of hydrogen-bond donors (Lipinski definition) is 3. The molecule has 3 rings (SSSR count). The number of sulfonamides is 1. The maximum atomic E-state index is 12.7. The van der Waals surface area contributed by atoms with Crippen molar-refractivity contribution in [1.29, 1.82) is 0 Å². The minimum Gasteiger partial charge on any atom is -0.497 e. The van der Waals surface area contributed by atoms with E-state index in [-0.39, 0.29) is 15.9 Å². The average Bonchev–Trinajstić information content (AvgIpc) is 2.85. The van der Waals surface area contributed by atoms with Crippen molar-refractivity contribution in [1.82, 2.24) is 5.32 Å². The Balaban J connectivity index is 1.57. The molecular weight excluding hydrogens is 501 g/mol. The van der Waals surface area contributed by atoms with Gasteiger partial charge in [0.15, 0.2) is 5.11 Å². The van der Waals surface area contributed by atoms with Gasteiger partial charge in [0, 0.05) is 24.0 Å². The zero-order valence-electron chi connectivity index (χ0n) is 20.0. The van der Waals surface area contributed by atoms with Gasteiger partial charge in [0.2, 0.25) is 0 Å². The van der Waals surface area contributed by atoms with Gasteiger partial charge in [0.25, 0.3) is 15.9 Å². The number of thiocarbonyl (C=S) groups is 1. The van der Waals surface area contributed by atoms with Gasteiger partial charge in [-0.15, -0.1) is 0 Å². The van der Waals surface area contributed by atoms with Gasteiger partial charge < -0.3 is 19.5 Å². The van der Waals surface area contributed by atoms with Crippen molar-refractivity contribution in [2.24, 2.45) is 0 Å². The molecule has 0 atom stereocenters. The van der Waals surface area contributed by atoms with Crippen LogP contribution in [0.5, 0.6) is 11.5 Å². The fourth-order valence-corrected chi connectivity index (χ4v) is 4.38. The van der Waals surface area contributed by atoms with E-state index in [0.717, 1.165) is 5.46 Å². The molecular formula is C24H26BN3O6S2. The summed E-state index contributed by atoms with van der Waals surface area (Å²) in [6.07, 6.45) is 0. The summed E-state index contributed by atoms with van der Waals surface area (Å²) < 4.78 is 43.5. The lowest BCUT2D eigenvalue weighted by Crippen LogP contribution is -2.34. The molecule has 188 valence electrons. The Kier molecular flexibility index (Phi) is 9.28. The second kappa shape index (κ2) is 12.4. The molecule has 36 heavy (non-hydrogen) atoms. The fraction of sp³-hybridized carbons (Fsp3) is 0.167.